The minimum atomic E-state index is -1.14. The van der Waals surface area contributed by atoms with E-state index in [1.54, 1.807) is 24.3 Å². The molecule has 4 amide bonds. The van der Waals surface area contributed by atoms with E-state index in [4.69, 9.17) is 4.74 Å². The first-order valence-corrected chi connectivity index (χ1v) is 9.64. The number of anilines is 1. The minimum Gasteiger partial charge on any atom is -0.495 e. The number of methoxy groups -OCH3 is 1. The van der Waals surface area contributed by atoms with E-state index in [1.807, 2.05) is 37.3 Å². The van der Waals surface area contributed by atoms with E-state index in [2.05, 4.69) is 10.6 Å². The number of carbonyl (C=O) groups is 3. The fourth-order valence-corrected chi connectivity index (χ4v) is 3.52. The van der Waals surface area contributed by atoms with Gasteiger partial charge in [-0.05, 0) is 24.1 Å². The van der Waals surface area contributed by atoms with Gasteiger partial charge in [-0.2, -0.15) is 0 Å². The van der Waals surface area contributed by atoms with Crippen LogP contribution >= 0.6 is 0 Å². The van der Waals surface area contributed by atoms with E-state index in [9.17, 15) is 14.4 Å². The van der Waals surface area contributed by atoms with Crippen molar-refractivity contribution in [1.82, 2.24) is 10.2 Å². The average molecular weight is 395 g/mol. The summed E-state index contributed by atoms with van der Waals surface area (Å²) in [7, 11) is 1.50. The van der Waals surface area contributed by atoms with Crippen molar-refractivity contribution >= 4 is 23.5 Å². The Balaban J connectivity index is 1.81. The van der Waals surface area contributed by atoms with Crippen LogP contribution in [-0.4, -0.2) is 36.4 Å². The summed E-state index contributed by atoms with van der Waals surface area (Å²) in [4.78, 5) is 39.5. The van der Waals surface area contributed by atoms with E-state index in [0.717, 1.165) is 23.3 Å². The van der Waals surface area contributed by atoms with Crippen LogP contribution in [0.25, 0.3) is 0 Å². The van der Waals surface area contributed by atoms with Crippen molar-refractivity contribution in [3.05, 3.63) is 60.2 Å². The number of hydrogen-bond acceptors (Lipinski definition) is 4. The van der Waals surface area contributed by atoms with Gasteiger partial charge in [0.05, 0.1) is 12.8 Å². The van der Waals surface area contributed by atoms with Crippen LogP contribution in [0.15, 0.2) is 54.6 Å². The highest BCUT2D eigenvalue weighted by Crippen LogP contribution is 2.34. The number of ether oxygens (including phenoxy) is 1. The summed E-state index contributed by atoms with van der Waals surface area (Å²) >= 11 is 0. The molecule has 0 radical (unpaired) electrons. The predicted octanol–water partition coefficient (Wildman–Crippen LogP) is 3.27. The van der Waals surface area contributed by atoms with E-state index in [-0.39, 0.29) is 6.54 Å². The van der Waals surface area contributed by atoms with Crippen molar-refractivity contribution in [1.29, 1.82) is 0 Å². The molecule has 0 bridgehead atoms. The molecular weight excluding hydrogens is 370 g/mol. The Morgan fingerprint density at radius 1 is 1.10 bits per heavy atom. The Kier molecular flexibility index (Phi) is 6.16. The van der Waals surface area contributed by atoms with Crippen molar-refractivity contribution in [2.24, 2.45) is 0 Å². The number of nitrogens with zero attached hydrogens (tertiary/aromatic N) is 1. The molecule has 1 aliphatic rings. The molecule has 1 fully saturated rings. The molecule has 0 spiro atoms. The zero-order chi connectivity index (χ0) is 20.9. The molecule has 0 saturated carbocycles. The standard InChI is InChI=1S/C22H25N3O4/c1-3-4-14-22(16-10-6-5-7-11-16)20(27)25(21(28)24-22)15-19(26)23-17-12-8-9-13-18(17)29-2/h5-13H,3-4,14-15H2,1-2H3,(H,23,26)(H,24,28). The molecular formula is C22H25N3O4. The lowest BCUT2D eigenvalue weighted by Gasteiger charge is -2.27. The molecule has 0 aromatic heterocycles. The lowest BCUT2D eigenvalue weighted by Crippen LogP contribution is -2.44. The van der Waals surface area contributed by atoms with Crippen LogP contribution in [0.4, 0.5) is 10.5 Å². The lowest BCUT2D eigenvalue weighted by atomic mass is 9.85. The Hall–Kier alpha value is -3.35. The zero-order valence-electron chi connectivity index (χ0n) is 16.6. The quantitative estimate of drug-likeness (QED) is 0.672. The maximum absolute atomic E-state index is 13.3. The summed E-state index contributed by atoms with van der Waals surface area (Å²) in [6.07, 6.45) is 2.12. The molecule has 2 aromatic rings. The Morgan fingerprint density at radius 3 is 2.48 bits per heavy atom. The number of carbonyl (C=O) groups excluding carboxylic acids is 3. The molecule has 1 saturated heterocycles. The van der Waals surface area contributed by atoms with Crippen molar-refractivity contribution < 1.29 is 19.1 Å². The first-order chi connectivity index (χ1) is 14.0. The monoisotopic (exact) mass is 395 g/mol. The molecule has 2 aromatic carbocycles. The highest BCUT2D eigenvalue weighted by molar-refractivity contribution is 6.10. The van der Waals surface area contributed by atoms with Crippen LogP contribution in [0.2, 0.25) is 0 Å². The van der Waals surface area contributed by atoms with E-state index >= 15 is 0 Å². The van der Waals surface area contributed by atoms with Crippen molar-refractivity contribution in [2.45, 2.75) is 31.7 Å². The molecule has 1 unspecified atom stereocenters. The molecule has 2 N–H and O–H groups in total. The number of nitrogens with one attached hydrogen (secondary N) is 2. The van der Waals surface area contributed by atoms with Gasteiger partial charge < -0.3 is 15.4 Å². The van der Waals surface area contributed by atoms with Crippen LogP contribution in [0, 0.1) is 0 Å². The third-order valence-corrected chi connectivity index (χ3v) is 5.03. The van der Waals surface area contributed by atoms with Crippen LogP contribution in [-0.2, 0) is 15.1 Å². The maximum atomic E-state index is 13.3. The van der Waals surface area contributed by atoms with E-state index < -0.39 is 23.4 Å². The molecule has 29 heavy (non-hydrogen) atoms. The number of para-hydroxylation sites is 2. The molecule has 7 heteroatoms. The van der Waals surface area contributed by atoms with Gasteiger partial charge in [-0.3, -0.25) is 14.5 Å². The fourth-order valence-electron chi connectivity index (χ4n) is 3.52. The average Bonchev–Trinajstić information content (AvgIpc) is 2.98. The van der Waals surface area contributed by atoms with Crippen molar-refractivity contribution in [3.63, 3.8) is 0 Å². The molecule has 0 aliphatic carbocycles. The number of unbranched alkanes of at least 4 members (excludes halogenated alkanes) is 1. The summed E-state index contributed by atoms with van der Waals surface area (Å²) in [5.74, 6) is -0.380. The van der Waals surface area contributed by atoms with Gasteiger partial charge in [0.25, 0.3) is 5.91 Å². The highest BCUT2D eigenvalue weighted by atomic mass is 16.5. The van der Waals surface area contributed by atoms with Gasteiger partial charge in [0.2, 0.25) is 5.91 Å². The Labute approximate surface area is 170 Å². The number of amides is 4. The fraction of sp³-hybridized carbons (Fsp3) is 0.318. The molecule has 1 aliphatic heterocycles. The predicted molar refractivity (Wildman–Crippen MR) is 110 cm³/mol. The van der Waals surface area contributed by atoms with Crippen LogP contribution in [0.5, 0.6) is 5.75 Å². The number of hydrogen-bond donors (Lipinski definition) is 2. The zero-order valence-corrected chi connectivity index (χ0v) is 16.6. The van der Waals surface area contributed by atoms with Gasteiger partial charge in [0.15, 0.2) is 0 Å². The number of benzene rings is 2. The largest absolute Gasteiger partial charge is 0.495 e. The number of imide groups is 1. The summed E-state index contributed by atoms with van der Waals surface area (Å²) in [6, 6.07) is 15.6. The Morgan fingerprint density at radius 2 is 1.79 bits per heavy atom. The van der Waals surface area contributed by atoms with Crippen molar-refractivity contribution in [3.8, 4) is 5.75 Å². The lowest BCUT2D eigenvalue weighted by molar-refractivity contribution is -0.134. The van der Waals surface area contributed by atoms with Crippen LogP contribution in [0.1, 0.15) is 31.7 Å². The van der Waals surface area contributed by atoms with E-state index in [0.29, 0.717) is 17.9 Å². The van der Waals surface area contributed by atoms with Crippen LogP contribution < -0.4 is 15.4 Å². The van der Waals surface area contributed by atoms with Gasteiger partial charge in [0, 0.05) is 0 Å². The Bertz CT molecular complexity index is 900. The summed E-state index contributed by atoms with van der Waals surface area (Å²) in [5, 5.41) is 5.54. The second-order valence-electron chi connectivity index (χ2n) is 6.94. The van der Waals surface area contributed by atoms with Crippen LogP contribution in [0.3, 0.4) is 0 Å². The minimum absolute atomic E-state index is 0.372. The van der Waals surface area contributed by atoms with Gasteiger partial charge in [0.1, 0.15) is 17.8 Å². The summed E-state index contributed by atoms with van der Waals surface area (Å²) in [5.41, 5.74) is 0.0609. The van der Waals surface area contributed by atoms with Gasteiger partial charge in [-0.1, -0.05) is 62.2 Å². The molecule has 3 rings (SSSR count). The van der Waals surface area contributed by atoms with E-state index in [1.165, 1.54) is 7.11 Å². The summed E-state index contributed by atoms with van der Waals surface area (Å²) in [6.45, 7) is 1.65. The third-order valence-electron chi connectivity index (χ3n) is 5.03. The smallest absolute Gasteiger partial charge is 0.325 e. The van der Waals surface area contributed by atoms with Gasteiger partial charge in [-0.25, -0.2) is 4.79 Å². The second kappa shape index (κ2) is 8.77. The van der Waals surface area contributed by atoms with Gasteiger partial charge >= 0.3 is 6.03 Å². The topological polar surface area (TPSA) is 87.7 Å². The first-order valence-electron chi connectivity index (χ1n) is 9.64. The molecule has 1 heterocycles. The second-order valence-corrected chi connectivity index (χ2v) is 6.94. The maximum Gasteiger partial charge on any atom is 0.325 e. The molecule has 1 atom stereocenters. The number of rotatable bonds is 8. The van der Waals surface area contributed by atoms with Gasteiger partial charge in [-0.15, -0.1) is 0 Å². The molecule has 152 valence electrons. The van der Waals surface area contributed by atoms with Crippen molar-refractivity contribution in [2.75, 3.05) is 19.0 Å². The molecule has 7 nitrogen and oxygen atoms in total. The number of urea groups is 1. The first kappa shape index (κ1) is 20.4. The normalized spacial score (nSPS) is 18.5. The third kappa shape index (κ3) is 4.08. The SMILES string of the molecule is CCCCC1(c2ccccc2)NC(=O)N(CC(=O)Nc2ccccc2OC)C1=O. The highest BCUT2D eigenvalue weighted by Gasteiger charge is 2.52. The summed E-state index contributed by atoms with van der Waals surface area (Å²) < 4.78 is 5.22.